The highest BCUT2D eigenvalue weighted by Gasteiger charge is 2.42. The Morgan fingerprint density at radius 2 is 2.15 bits per heavy atom. The molecule has 0 spiro atoms. The third kappa shape index (κ3) is 3.34. The van der Waals surface area contributed by atoms with Gasteiger partial charge in [0.15, 0.2) is 0 Å². The number of carbonyl (C=O) groups excluding carboxylic acids is 1. The van der Waals surface area contributed by atoms with Gasteiger partial charge in [0.2, 0.25) is 5.91 Å². The Morgan fingerprint density at radius 1 is 1.27 bits per heavy atom. The van der Waals surface area contributed by atoms with E-state index in [9.17, 15) is 9.18 Å². The molecule has 5 nitrogen and oxygen atoms in total. The van der Waals surface area contributed by atoms with E-state index in [1.807, 2.05) is 29.2 Å². The summed E-state index contributed by atoms with van der Waals surface area (Å²) in [4.78, 5) is 18.9. The Bertz CT molecular complexity index is 769. The molecule has 2 N–H and O–H groups in total. The fraction of sp³-hybridized carbons (Fsp3) is 0.400. The lowest BCUT2D eigenvalue weighted by molar-refractivity contribution is -0.131. The molecule has 0 aliphatic carbocycles. The molecule has 26 heavy (non-hydrogen) atoms. The zero-order chi connectivity index (χ0) is 17.9. The van der Waals surface area contributed by atoms with Crippen molar-refractivity contribution in [1.82, 2.24) is 20.7 Å². The first kappa shape index (κ1) is 17.1. The Labute approximate surface area is 152 Å². The molecular formula is C20H23FN4O. The molecule has 2 aliphatic heterocycles. The maximum Gasteiger partial charge on any atom is 0.227 e. The minimum absolute atomic E-state index is 0.00671. The van der Waals surface area contributed by atoms with Crippen LogP contribution < -0.4 is 10.9 Å². The number of amides is 1. The van der Waals surface area contributed by atoms with E-state index in [4.69, 9.17) is 0 Å². The van der Waals surface area contributed by atoms with E-state index >= 15 is 0 Å². The third-order valence-electron chi connectivity index (χ3n) is 5.44. The Hall–Kier alpha value is -2.31. The predicted molar refractivity (Wildman–Crippen MR) is 96.7 cm³/mol. The lowest BCUT2D eigenvalue weighted by Gasteiger charge is -2.32. The Kier molecular flexibility index (Phi) is 4.95. The highest BCUT2D eigenvalue weighted by atomic mass is 19.1. The van der Waals surface area contributed by atoms with E-state index in [1.54, 1.807) is 18.5 Å². The number of halogens is 1. The first-order chi connectivity index (χ1) is 12.7. The number of likely N-dealkylation sites (tertiary alicyclic amines) is 1. The van der Waals surface area contributed by atoms with Crippen LogP contribution in [-0.4, -0.2) is 41.0 Å². The molecule has 136 valence electrons. The van der Waals surface area contributed by atoms with E-state index in [-0.39, 0.29) is 29.7 Å². The van der Waals surface area contributed by atoms with Crippen molar-refractivity contribution < 1.29 is 9.18 Å². The van der Waals surface area contributed by atoms with E-state index in [0.717, 1.165) is 24.9 Å². The van der Waals surface area contributed by atoms with Crippen molar-refractivity contribution in [2.24, 2.45) is 0 Å². The summed E-state index contributed by atoms with van der Waals surface area (Å²) in [5, 5.41) is 0. The predicted octanol–water partition coefficient (Wildman–Crippen LogP) is 2.01. The van der Waals surface area contributed by atoms with E-state index in [2.05, 4.69) is 15.8 Å². The summed E-state index contributed by atoms with van der Waals surface area (Å²) in [6.45, 7) is 1.42. The molecule has 2 saturated heterocycles. The van der Waals surface area contributed by atoms with E-state index in [0.29, 0.717) is 18.5 Å². The van der Waals surface area contributed by atoms with E-state index < -0.39 is 0 Å². The number of benzene rings is 1. The summed E-state index contributed by atoms with van der Waals surface area (Å²) in [7, 11) is 0. The average molecular weight is 354 g/mol. The van der Waals surface area contributed by atoms with Crippen LogP contribution in [0, 0.1) is 5.82 Å². The van der Waals surface area contributed by atoms with Crippen LogP contribution in [0.15, 0.2) is 48.8 Å². The van der Waals surface area contributed by atoms with Crippen molar-refractivity contribution >= 4 is 5.91 Å². The fourth-order valence-electron chi connectivity index (χ4n) is 4.21. The van der Waals surface area contributed by atoms with Crippen LogP contribution >= 0.6 is 0 Å². The Morgan fingerprint density at radius 3 is 2.96 bits per heavy atom. The van der Waals surface area contributed by atoms with Crippen LogP contribution in [0.3, 0.4) is 0 Å². The van der Waals surface area contributed by atoms with Gasteiger partial charge in [-0.05, 0) is 36.1 Å². The largest absolute Gasteiger partial charge is 0.338 e. The standard InChI is InChI=1S/C20H23FN4O/c21-17-7-2-1-6-15(17)16-13-23-24-20(16)18-8-4-10-25(18)19(26)11-14-5-3-9-22-12-14/h1-3,5-7,9,12,16,18,20,23-24H,4,8,10-11,13H2. The van der Waals surface area contributed by atoms with Gasteiger partial charge in [0.1, 0.15) is 5.82 Å². The van der Waals surface area contributed by atoms with Gasteiger partial charge in [-0.25, -0.2) is 4.39 Å². The van der Waals surface area contributed by atoms with Gasteiger partial charge in [-0.3, -0.25) is 20.6 Å². The molecule has 4 rings (SSSR count). The number of carbonyl (C=O) groups is 1. The van der Waals surface area contributed by atoms with Gasteiger partial charge >= 0.3 is 0 Å². The summed E-state index contributed by atoms with van der Waals surface area (Å²) >= 11 is 0. The van der Waals surface area contributed by atoms with Crippen molar-refractivity contribution in [3.63, 3.8) is 0 Å². The van der Waals surface area contributed by atoms with Gasteiger partial charge in [-0.1, -0.05) is 24.3 Å². The summed E-state index contributed by atoms with van der Waals surface area (Å²) in [6.07, 6.45) is 5.71. The summed E-state index contributed by atoms with van der Waals surface area (Å²) < 4.78 is 14.3. The normalized spacial score (nSPS) is 25.6. The lowest BCUT2D eigenvalue weighted by atomic mass is 9.87. The number of aromatic nitrogens is 1. The maximum absolute atomic E-state index is 14.3. The van der Waals surface area contributed by atoms with Crippen LogP contribution in [0.25, 0.3) is 0 Å². The second-order valence-electron chi connectivity index (χ2n) is 7.01. The quantitative estimate of drug-likeness (QED) is 0.882. The Balaban J connectivity index is 1.52. The molecule has 0 saturated carbocycles. The van der Waals surface area contributed by atoms with Crippen LogP contribution in [0.1, 0.15) is 29.9 Å². The molecule has 2 fully saturated rings. The van der Waals surface area contributed by atoms with Crippen LogP contribution in [0.5, 0.6) is 0 Å². The first-order valence-electron chi connectivity index (χ1n) is 9.15. The minimum atomic E-state index is -0.181. The van der Waals surface area contributed by atoms with Gasteiger partial charge in [-0.15, -0.1) is 0 Å². The SMILES string of the molecule is O=C(Cc1cccnc1)N1CCCC1C1NNCC1c1ccccc1F. The number of pyridine rings is 1. The number of hydrogen-bond acceptors (Lipinski definition) is 4. The zero-order valence-corrected chi connectivity index (χ0v) is 14.6. The highest BCUT2D eigenvalue weighted by molar-refractivity contribution is 5.79. The number of nitrogens with zero attached hydrogens (tertiary/aromatic N) is 2. The molecule has 2 aromatic rings. The van der Waals surface area contributed by atoms with Crippen molar-refractivity contribution in [2.45, 2.75) is 37.3 Å². The summed E-state index contributed by atoms with van der Waals surface area (Å²) in [6, 6.07) is 10.8. The maximum atomic E-state index is 14.3. The van der Waals surface area contributed by atoms with Gasteiger partial charge in [0.05, 0.1) is 6.42 Å². The molecular weight excluding hydrogens is 331 g/mol. The molecule has 2 aliphatic rings. The summed E-state index contributed by atoms with van der Waals surface area (Å²) in [5.74, 6) is -0.0614. The average Bonchev–Trinajstić information content (AvgIpc) is 3.32. The van der Waals surface area contributed by atoms with Crippen molar-refractivity contribution in [3.8, 4) is 0 Å². The molecule has 0 radical (unpaired) electrons. The van der Waals surface area contributed by atoms with Crippen molar-refractivity contribution in [1.29, 1.82) is 0 Å². The second kappa shape index (κ2) is 7.51. The topological polar surface area (TPSA) is 57.3 Å². The molecule has 0 bridgehead atoms. The molecule has 3 atom stereocenters. The van der Waals surface area contributed by atoms with Gasteiger partial charge < -0.3 is 4.90 Å². The highest BCUT2D eigenvalue weighted by Crippen LogP contribution is 2.32. The second-order valence-corrected chi connectivity index (χ2v) is 7.01. The molecule has 3 heterocycles. The van der Waals surface area contributed by atoms with Gasteiger partial charge in [0.25, 0.3) is 0 Å². The monoisotopic (exact) mass is 354 g/mol. The van der Waals surface area contributed by atoms with Crippen LogP contribution in [-0.2, 0) is 11.2 Å². The number of hydrogen-bond donors (Lipinski definition) is 2. The molecule has 1 aromatic carbocycles. The summed E-state index contributed by atoms with van der Waals surface area (Å²) in [5.41, 5.74) is 8.10. The molecule has 3 unspecified atom stereocenters. The number of nitrogens with one attached hydrogen (secondary N) is 2. The number of hydrazine groups is 1. The van der Waals surface area contributed by atoms with Gasteiger partial charge in [0, 0.05) is 43.5 Å². The van der Waals surface area contributed by atoms with Gasteiger partial charge in [-0.2, -0.15) is 0 Å². The molecule has 1 amide bonds. The number of rotatable bonds is 4. The lowest BCUT2D eigenvalue weighted by Crippen LogP contribution is -2.50. The van der Waals surface area contributed by atoms with Crippen molar-refractivity contribution in [3.05, 3.63) is 65.7 Å². The van der Waals surface area contributed by atoms with Crippen LogP contribution in [0.4, 0.5) is 4.39 Å². The minimum Gasteiger partial charge on any atom is -0.338 e. The molecule has 1 aromatic heterocycles. The van der Waals surface area contributed by atoms with Crippen LogP contribution in [0.2, 0.25) is 0 Å². The molecule has 6 heteroatoms. The zero-order valence-electron chi connectivity index (χ0n) is 14.6. The van der Waals surface area contributed by atoms with Crippen molar-refractivity contribution in [2.75, 3.05) is 13.1 Å². The third-order valence-corrected chi connectivity index (χ3v) is 5.44. The smallest absolute Gasteiger partial charge is 0.227 e. The van der Waals surface area contributed by atoms with E-state index in [1.165, 1.54) is 6.07 Å². The first-order valence-corrected chi connectivity index (χ1v) is 9.15. The fourth-order valence-corrected chi connectivity index (χ4v) is 4.21.